The van der Waals surface area contributed by atoms with E-state index in [1.165, 1.54) is 11.8 Å². The number of para-hydroxylation sites is 1. The van der Waals surface area contributed by atoms with Gasteiger partial charge in [0.25, 0.3) is 5.91 Å². The third-order valence-corrected chi connectivity index (χ3v) is 4.30. The topological polar surface area (TPSA) is 44.1 Å². The van der Waals surface area contributed by atoms with Crippen molar-refractivity contribution >= 4 is 23.4 Å². The first-order valence-corrected chi connectivity index (χ1v) is 6.73. The molecule has 0 fully saturated rings. The molecule has 3 nitrogen and oxygen atoms in total. The second-order valence-electron chi connectivity index (χ2n) is 4.21. The lowest BCUT2D eigenvalue weighted by atomic mass is 10.0. The minimum atomic E-state index is -1.11. The summed E-state index contributed by atoms with van der Waals surface area (Å²) >= 11 is 1.31. The van der Waals surface area contributed by atoms with Gasteiger partial charge in [0, 0.05) is 17.9 Å². The van der Waals surface area contributed by atoms with Crippen molar-refractivity contribution in [3.8, 4) is 6.07 Å². The Labute approximate surface area is 117 Å². The zero-order valence-corrected chi connectivity index (χ0v) is 11.3. The van der Waals surface area contributed by atoms with Crippen molar-refractivity contribution in [3.05, 3.63) is 49.6 Å². The Bertz CT molecular complexity index is 576. The quantitative estimate of drug-likeness (QED) is 0.789. The number of anilines is 1. The molecule has 96 valence electrons. The molecule has 2 rings (SSSR count). The van der Waals surface area contributed by atoms with E-state index >= 15 is 0 Å². The van der Waals surface area contributed by atoms with E-state index in [1.54, 1.807) is 17.1 Å². The maximum absolute atomic E-state index is 12.6. The molecule has 4 heteroatoms. The van der Waals surface area contributed by atoms with Crippen LogP contribution in [0.2, 0.25) is 0 Å². The summed E-state index contributed by atoms with van der Waals surface area (Å²) in [6, 6.07) is 9.77. The minimum absolute atomic E-state index is 0.196. The summed E-state index contributed by atoms with van der Waals surface area (Å²) in [5, 5.41) is 9.46. The number of nitrogens with zero attached hydrogens (tertiary/aromatic N) is 2. The molecule has 0 bridgehead atoms. The highest BCUT2D eigenvalue weighted by Crippen LogP contribution is 2.46. The summed E-state index contributed by atoms with van der Waals surface area (Å²) in [6.45, 7) is 7.73. The highest BCUT2D eigenvalue weighted by atomic mass is 32.2. The summed E-state index contributed by atoms with van der Waals surface area (Å²) in [7, 11) is 0. The SMILES string of the molecule is C=CCN1C(=O)C(C#N)(CC=C)Sc2ccccc21. The first-order chi connectivity index (χ1) is 9.18. The monoisotopic (exact) mass is 270 g/mol. The number of nitriles is 1. The number of amides is 1. The van der Waals surface area contributed by atoms with Gasteiger partial charge in [0.1, 0.15) is 0 Å². The van der Waals surface area contributed by atoms with Gasteiger partial charge in [-0.15, -0.1) is 13.2 Å². The van der Waals surface area contributed by atoms with Crippen LogP contribution >= 0.6 is 11.8 Å². The average Bonchev–Trinajstić information content (AvgIpc) is 2.43. The van der Waals surface area contributed by atoms with Crippen molar-refractivity contribution in [3.63, 3.8) is 0 Å². The molecule has 0 radical (unpaired) electrons. The van der Waals surface area contributed by atoms with Crippen LogP contribution in [-0.2, 0) is 4.79 Å². The highest BCUT2D eigenvalue weighted by molar-refractivity contribution is 8.02. The fraction of sp³-hybridized carbons (Fsp3) is 0.200. The fourth-order valence-corrected chi connectivity index (χ4v) is 3.33. The van der Waals surface area contributed by atoms with Crippen molar-refractivity contribution in [2.75, 3.05) is 11.4 Å². The summed E-state index contributed by atoms with van der Waals surface area (Å²) in [5.74, 6) is -0.196. The largest absolute Gasteiger partial charge is 0.305 e. The highest BCUT2D eigenvalue weighted by Gasteiger charge is 2.46. The van der Waals surface area contributed by atoms with Crippen LogP contribution in [-0.4, -0.2) is 17.2 Å². The van der Waals surface area contributed by atoms with Gasteiger partial charge in [-0.1, -0.05) is 36.0 Å². The van der Waals surface area contributed by atoms with Crippen molar-refractivity contribution < 1.29 is 4.79 Å². The Hall–Kier alpha value is -1.99. The molecule has 0 saturated carbocycles. The molecule has 1 aliphatic heterocycles. The van der Waals surface area contributed by atoms with E-state index in [2.05, 4.69) is 19.2 Å². The number of benzene rings is 1. The molecule has 0 aliphatic carbocycles. The van der Waals surface area contributed by atoms with E-state index < -0.39 is 4.75 Å². The van der Waals surface area contributed by atoms with Crippen LogP contribution in [0, 0.1) is 11.3 Å². The Morgan fingerprint density at radius 3 is 2.74 bits per heavy atom. The van der Waals surface area contributed by atoms with E-state index in [1.807, 2.05) is 24.3 Å². The zero-order chi connectivity index (χ0) is 13.9. The van der Waals surface area contributed by atoms with Crippen molar-refractivity contribution in [2.45, 2.75) is 16.1 Å². The Kier molecular flexibility index (Phi) is 3.77. The average molecular weight is 270 g/mol. The second-order valence-corrected chi connectivity index (χ2v) is 5.55. The van der Waals surface area contributed by atoms with Gasteiger partial charge < -0.3 is 4.90 Å². The maximum atomic E-state index is 12.6. The van der Waals surface area contributed by atoms with Crippen LogP contribution in [0.3, 0.4) is 0 Å². The predicted molar refractivity (Wildman–Crippen MR) is 78.0 cm³/mol. The Morgan fingerprint density at radius 1 is 1.37 bits per heavy atom. The van der Waals surface area contributed by atoms with Crippen LogP contribution in [0.1, 0.15) is 6.42 Å². The van der Waals surface area contributed by atoms with Crippen molar-refractivity contribution in [1.29, 1.82) is 5.26 Å². The van der Waals surface area contributed by atoms with Crippen LogP contribution in [0.4, 0.5) is 5.69 Å². The van der Waals surface area contributed by atoms with E-state index in [4.69, 9.17) is 0 Å². The van der Waals surface area contributed by atoms with Crippen LogP contribution in [0.5, 0.6) is 0 Å². The van der Waals surface area contributed by atoms with Crippen molar-refractivity contribution in [1.82, 2.24) is 0 Å². The van der Waals surface area contributed by atoms with E-state index in [0.29, 0.717) is 13.0 Å². The van der Waals surface area contributed by atoms with E-state index in [0.717, 1.165) is 10.6 Å². The normalized spacial score (nSPS) is 21.4. The summed E-state index contributed by atoms with van der Waals surface area (Å²) in [5.41, 5.74) is 0.840. The van der Waals surface area contributed by atoms with Gasteiger partial charge in [-0.3, -0.25) is 4.79 Å². The number of thioether (sulfide) groups is 1. The number of hydrogen-bond acceptors (Lipinski definition) is 3. The number of rotatable bonds is 4. The molecule has 1 aromatic carbocycles. The van der Waals surface area contributed by atoms with Crippen molar-refractivity contribution in [2.24, 2.45) is 0 Å². The fourth-order valence-electron chi connectivity index (χ4n) is 2.08. The first-order valence-electron chi connectivity index (χ1n) is 5.91. The molecule has 1 unspecified atom stereocenters. The molecule has 0 N–H and O–H groups in total. The molecule has 19 heavy (non-hydrogen) atoms. The molecular weight excluding hydrogens is 256 g/mol. The lowest BCUT2D eigenvalue weighted by Crippen LogP contribution is -2.49. The predicted octanol–water partition coefficient (Wildman–Crippen LogP) is 3.15. The van der Waals surface area contributed by atoms with Gasteiger partial charge in [-0.2, -0.15) is 5.26 Å². The van der Waals surface area contributed by atoms with E-state index in [-0.39, 0.29) is 5.91 Å². The van der Waals surface area contributed by atoms with Gasteiger partial charge in [0.15, 0.2) is 4.75 Å². The number of fused-ring (bicyclic) bond motifs is 1. The van der Waals surface area contributed by atoms with Gasteiger partial charge in [0.2, 0.25) is 0 Å². The first kappa shape index (κ1) is 13.4. The standard InChI is InChI=1S/C15H14N2OS/c1-3-9-15(11-16)14(18)17(10-4-2)12-7-5-6-8-13(12)19-15/h3-8H,1-2,9-10H2. The second kappa shape index (κ2) is 5.33. The summed E-state index contributed by atoms with van der Waals surface area (Å²) < 4.78 is -1.11. The summed E-state index contributed by atoms with van der Waals surface area (Å²) in [6.07, 6.45) is 3.61. The lowest BCUT2D eigenvalue weighted by Gasteiger charge is -2.37. The molecule has 1 heterocycles. The molecule has 1 amide bonds. The van der Waals surface area contributed by atoms with E-state index in [9.17, 15) is 10.1 Å². The Balaban J connectivity index is 2.56. The van der Waals surface area contributed by atoms with Crippen LogP contribution in [0.25, 0.3) is 0 Å². The lowest BCUT2D eigenvalue weighted by molar-refractivity contribution is -0.119. The van der Waals surface area contributed by atoms with Crippen LogP contribution < -0.4 is 4.90 Å². The minimum Gasteiger partial charge on any atom is -0.305 e. The van der Waals surface area contributed by atoms with Gasteiger partial charge in [-0.25, -0.2) is 0 Å². The molecule has 0 saturated heterocycles. The van der Waals surface area contributed by atoms with Crippen LogP contribution in [0.15, 0.2) is 54.5 Å². The molecule has 1 aliphatic rings. The number of carbonyl (C=O) groups is 1. The molecular formula is C15H14N2OS. The Morgan fingerprint density at radius 2 is 2.11 bits per heavy atom. The molecule has 0 aromatic heterocycles. The van der Waals surface area contributed by atoms with Gasteiger partial charge >= 0.3 is 0 Å². The molecule has 1 aromatic rings. The van der Waals surface area contributed by atoms with Gasteiger partial charge in [-0.05, 0) is 12.1 Å². The third kappa shape index (κ3) is 2.18. The maximum Gasteiger partial charge on any atom is 0.258 e. The smallest absolute Gasteiger partial charge is 0.258 e. The zero-order valence-electron chi connectivity index (χ0n) is 10.5. The number of carbonyl (C=O) groups excluding carboxylic acids is 1. The molecule has 0 spiro atoms. The number of hydrogen-bond donors (Lipinski definition) is 0. The molecule has 1 atom stereocenters. The number of allylic oxidation sites excluding steroid dienone is 1. The van der Waals surface area contributed by atoms with Gasteiger partial charge in [0.05, 0.1) is 11.8 Å². The summed E-state index contributed by atoms with van der Waals surface area (Å²) in [4.78, 5) is 15.2. The third-order valence-electron chi connectivity index (χ3n) is 2.95.